The van der Waals surface area contributed by atoms with Gasteiger partial charge in [-0.1, -0.05) is 17.7 Å². The number of nitrogens with one attached hydrogen (secondary N) is 2. The Morgan fingerprint density at radius 2 is 2.20 bits per heavy atom. The Hall–Kier alpha value is -2.02. The van der Waals surface area contributed by atoms with Gasteiger partial charge in [-0.05, 0) is 35.6 Å². The number of carbonyl (C=O) groups is 1. The van der Waals surface area contributed by atoms with Gasteiger partial charge in [0, 0.05) is 28.9 Å². The number of anilines is 1. The number of rotatable bonds is 9. The molecule has 0 unspecified atom stereocenters. The summed E-state index contributed by atoms with van der Waals surface area (Å²) in [6.45, 7) is 5.75. The van der Waals surface area contributed by atoms with Gasteiger partial charge in [0.2, 0.25) is 0 Å². The zero-order chi connectivity index (χ0) is 18.1. The van der Waals surface area contributed by atoms with Gasteiger partial charge in [-0.25, -0.2) is 4.79 Å². The van der Waals surface area contributed by atoms with Crippen molar-refractivity contribution < 1.29 is 15.2 Å². The minimum atomic E-state index is -0.194. The number of amides is 2. The number of allylic oxidation sites excluding steroid dienone is 1. The number of nitrogens with two attached hydrogens (primary N) is 1. The molecule has 2 rings (SSSR count). The Bertz CT molecular complexity index is 705. The number of urea groups is 1. The molecule has 2 aromatic rings. The van der Waals surface area contributed by atoms with Gasteiger partial charge in [0.1, 0.15) is 12.3 Å². The number of carbonyl (C=O) groups excluding carboxylic acids is 1. The van der Waals surface area contributed by atoms with Crippen LogP contribution in [0.15, 0.2) is 41.6 Å². The number of aromatic hydroxyl groups is 1. The third-order valence-corrected chi connectivity index (χ3v) is 4.51. The fraction of sp³-hybridized carbons (Fsp3) is 0.278. The number of quaternary nitrogens is 1. The Morgan fingerprint density at radius 1 is 1.40 bits per heavy atom. The van der Waals surface area contributed by atoms with Crippen molar-refractivity contribution in [3.8, 4) is 5.75 Å². The molecule has 0 spiro atoms. The lowest BCUT2D eigenvalue weighted by molar-refractivity contribution is -0.670. The summed E-state index contributed by atoms with van der Waals surface area (Å²) in [5.41, 5.74) is 2.41. The minimum Gasteiger partial charge on any atom is -0.507 e. The predicted molar refractivity (Wildman–Crippen MR) is 103 cm³/mol. The molecule has 0 bridgehead atoms. The zero-order valence-electron chi connectivity index (χ0n) is 13.9. The van der Waals surface area contributed by atoms with Crippen molar-refractivity contribution in [2.24, 2.45) is 0 Å². The summed E-state index contributed by atoms with van der Waals surface area (Å²) in [5.74, 6) is 0.286. The number of phenolic OH excluding ortho intramolecular Hbond substituents is 1. The molecular weight excluding hydrogens is 358 g/mol. The van der Waals surface area contributed by atoms with Crippen LogP contribution in [-0.2, 0) is 13.0 Å². The maximum absolute atomic E-state index is 11.7. The van der Waals surface area contributed by atoms with E-state index in [0.29, 0.717) is 24.5 Å². The van der Waals surface area contributed by atoms with Crippen molar-refractivity contribution in [1.29, 1.82) is 0 Å². The normalized spacial score (nSPS) is 10.4. The number of halogens is 1. The van der Waals surface area contributed by atoms with Crippen LogP contribution in [-0.4, -0.2) is 24.2 Å². The van der Waals surface area contributed by atoms with Crippen molar-refractivity contribution >= 4 is 34.7 Å². The largest absolute Gasteiger partial charge is 0.507 e. The van der Waals surface area contributed by atoms with Gasteiger partial charge in [0.15, 0.2) is 0 Å². The van der Waals surface area contributed by atoms with Crippen LogP contribution in [0.1, 0.15) is 17.5 Å². The van der Waals surface area contributed by atoms with E-state index in [2.05, 4.69) is 22.5 Å². The quantitative estimate of drug-likeness (QED) is 0.398. The second kappa shape index (κ2) is 10.1. The second-order valence-corrected chi connectivity index (χ2v) is 6.81. The van der Waals surface area contributed by atoms with Crippen molar-refractivity contribution in [2.75, 3.05) is 18.4 Å². The highest BCUT2D eigenvalue weighted by molar-refractivity contribution is 7.08. The van der Waals surface area contributed by atoms with Gasteiger partial charge in [0.25, 0.3) is 0 Å². The smallest absolute Gasteiger partial charge is 0.319 e. The van der Waals surface area contributed by atoms with Crippen molar-refractivity contribution in [3.63, 3.8) is 0 Å². The predicted octanol–water partition coefficient (Wildman–Crippen LogP) is 3.11. The molecule has 7 heteroatoms. The summed E-state index contributed by atoms with van der Waals surface area (Å²) >= 11 is 7.64. The zero-order valence-corrected chi connectivity index (χ0v) is 15.5. The summed E-state index contributed by atoms with van der Waals surface area (Å²) in [6, 6.07) is 5.21. The first-order valence-electron chi connectivity index (χ1n) is 8.10. The van der Waals surface area contributed by atoms with E-state index in [0.717, 1.165) is 29.8 Å². The summed E-state index contributed by atoms with van der Waals surface area (Å²) in [5, 5.41) is 22.3. The van der Waals surface area contributed by atoms with Gasteiger partial charge in [-0.15, -0.1) is 6.58 Å². The maximum atomic E-state index is 11.7. The molecule has 134 valence electrons. The van der Waals surface area contributed by atoms with E-state index in [-0.39, 0.29) is 11.8 Å². The first-order chi connectivity index (χ1) is 12.1. The first kappa shape index (κ1) is 19.3. The lowest BCUT2D eigenvalue weighted by atomic mass is 10.1. The number of hydrogen-bond donors (Lipinski definition) is 4. The summed E-state index contributed by atoms with van der Waals surface area (Å²) in [6.07, 6.45) is 3.16. The lowest BCUT2D eigenvalue weighted by Gasteiger charge is -2.09. The van der Waals surface area contributed by atoms with E-state index in [4.69, 9.17) is 11.6 Å². The van der Waals surface area contributed by atoms with Crippen LogP contribution < -0.4 is 16.0 Å². The molecule has 5 nitrogen and oxygen atoms in total. The van der Waals surface area contributed by atoms with Crippen LogP contribution in [0.3, 0.4) is 0 Å². The molecule has 2 amide bonds. The van der Waals surface area contributed by atoms with Gasteiger partial charge >= 0.3 is 6.03 Å². The molecule has 0 saturated carbocycles. The van der Waals surface area contributed by atoms with E-state index in [1.165, 1.54) is 11.3 Å². The van der Waals surface area contributed by atoms with Crippen molar-refractivity contribution in [2.45, 2.75) is 19.4 Å². The minimum absolute atomic E-state index is 0.194. The summed E-state index contributed by atoms with van der Waals surface area (Å²) in [4.78, 5) is 11.7. The van der Waals surface area contributed by atoms with Crippen LogP contribution in [0.2, 0.25) is 5.02 Å². The summed E-state index contributed by atoms with van der Waals surface area (Å²) < 4.78 is 0. The highest BCUT2D eigenvalue weighted by atomic mass is 35.5. The van der Waals surface area contributed by atoms with E-state index >= 15 is 0 Å². The average Bonchev–Trinajstić information content (AvgIpc) is 3.07. The molecule has 1 aromatic carbocycles. The number of phenols is 1. The molecule has 1 heterocycles. The van der Waals surface area contributed by atoms with E-state index in [1.54, 1.807) is 18.2 Å². The molecular formula is C18H23ClN3O2S+. The van der Waals surface area contributed by atoms with Crippen LogP contribution >= 0.6 is 22.9 Å². The Morgan fingerprint density at radius 3 is 2.92 bits per heavy atom. The fourth-order valence-electron chi connectivity index (χ4n) is 2.40. The molecule has 0 atom stereocenters. The standard InChI is InChI=1S/C18H22ClN3O2S/c1-2-4-13-9-15(19)10-14(17(13)23)11-20-6-3-7-21-18(24)22-16-5-8-25-12-16/h2,5,8-10,12,20,23H,1,3-4,6-7,11H2,(H2,21,22,24)/p+1. The topological polar surface area (TPSA) is 78.0 Å². The van der Waals surface area contributed by atoms with Crippen LogP contribution in [0.4, 0.5) is 10.5 Å². The molecule has 0 aliphatic carbocycles. The second-order valence-electron chi connectivity index (χ2n) is 5.59. The van der Waals surface area contributed by atoms with E-state index in [9.17, 15) is 9.90 Å². The Balaban J connectivity index is 1.67. The summed E-state index contributed by atoms with van der Waals surface area (Å²) in [7, 11) is 0. The van der Waals surface area contributed by atoms with Crippen molar-refractivity contribution in [1.82, 2.24) is 5.32 Å². The van der Waals surface area contributed by atoms with Crippen LogP contribution in [0.25, 0.3) is 0 Å². The number of thiophene rings is 1. The highest BCUT2D eigenvalue weighted by Gasteiger charge is 2.10. The number of benzene rings is 1. The fourth-order valence-corrected chi connectivity index (χ4v) is 3.25. The molecule has 5 N–H and O–H groups in total. The molecule has 0 radical (unpaired) electrons. The van der Waals surface area contributed by atoms with Gasteiger partial charge in [-0.2, -0.15) is 11.3 Å². The van der Waals surface area contributed by atoms with Gasteiger partial charge in [-0.3, -0.25) is 0 Å². The Kier molecular flexibility index (Phi) is 7.78. The third kappa shape index (κ3) is 6.42. The van der Waals surface area contributed by atoms with Gasteiger partial charge in [0.05, 0.1) is 12.2 Å². The monoisotopic (exact) mass is 380 g/mol. The first-order valence-corrected chi connectivity index (χ1v) is 9.42. The molecule has 0 fully saturated rings. The SMILES string of the molecule is C=CCc1cc(Cl)cc(C[NH2+]CCCNC(=O)Nc2ccsc2)c1O. The van der Waals surface area contributed by atoms with Crippen LogP contribution in [0.5, 0.6) is 5.75 Å². The van der Waals surface area contributed by atoms with E-state index < -0.39 is 0 Å². The molecule has 0 aliphatic rings. The Labute approximate surface area is 156 Å². The van der Waals surface area contributed by atoms with Crippen molar-refractivity contribution in [3.05, 3.63) is 57.8 Å². The lowest BCUT2D eigenvalue weighted by Crippen LogP contribution is -2.82. The third-order valence-electron chi connectivity index (χ3n) is 3.61. The highest BCUT2D eigenvalue weighted by Crippen LogP contribution is 2.27. The number of hydrogen-bond acceptors (Lipinski definition) is 3. The van der Waals surface area contributed by atoms with Crippen LogP contribution in [0, 0.1) is 0 Å². The molecule has 0 aliphatic heterocycles. The molecule has 0 saturated heterocycles. The van der Waals surface area contributed by atoms with E-state index in [1.807, 2.05) is 16.8 Å². The van der Waals surface area contributed by atoms with Gasteiger partial charge < -0.3 is 21.1 Å². The molecule has 25 heavy (non-hydrogen) atoms. The molecule has 1 aromatic heterocycles. The average molecular weight is 381 g/mol. The maximum Gasteiger partial charge on any atom is 0.319 e.